The van der Waals surface area contributed by atoms with E-state index < -0.39 is 5.97 Å². The van der Waals surface area contributed by atoms with Gasteiger partial charge in [0.05, 0.1) is 25.4 Å². The highest BCUT2D eigenvalue weighted by molar-refractivity contribution is 6.01. The number of rotatable bonds is 7. The Kier molecular flexibility index (Phi) is 6.49. The third-order valence-electron chi connectivity index (χ3n) is 4.35. The molecular formula is C24H21NO4. The zero-order chi connectivity index (χ0) is 20.6. The molecule has 0 aliphatic heterocycles. The molecule has 0 N–H and O–H groups in total. The third-order valence-corrected chi connectivity index (χ3v) is 4.35. The van der Waals surface area contributed by atoms with Gasteiger partial charge in [0.15, 0.2) is 18.1 Å². The normalized spacial score (nSPS) is 11.0. The fraction of sp³-hybridized carbons (Fsp3) is 0.167. The lowest BCUT2D eigenvalue weighted by Gasteiger charge is -2.11. The van der Waals surface area contributed by atoms with Crippen molar-refractivity contribution < 1.29 is 19.0 Å². The number of carbonyl (C=O) groups is 1. The van der Waals surface area contributed by atoms with Crippen LogP contribution in [0.15, 0.2) is 60.7 Å². The Labute approximate surface area is 169 Å². The molecule has 0 fully saturated rings. The number of benzene rings is 3. The van der Waals surface area contributed by atoms with Crippen LogP contribution in [0.1, 0.15) is 18.1 Å². The van der Waals surface area contributed by atoms with E-state index in [1.165, 1.54) is 7.11 Å². The zero-order valence-corrected chi connectivity index (χ0v) is 16.3. The molecule has 0 aliphatic rings. The average Bonchev–Trinajstić information content (AvgIpc) is 2.76. The van der Waals surface area contributed by atoms with Gasteiger partial charge in [-0.3, -0.25) is 0 Å². The summed E-state index contributed by atoms with van der Waals surface area (Å²) in [4.78, 5) is 11.6. The van der Waals surface area contributed by atoms with Crippen LogP contribution in [-0.4, -0.2) is 26.3 Å². The summed E-state index contributed by atoms with van der Waals surface area (Å²) in [7, 11) is 1.53. The van der Waals surface area contributed by atoms with Crippen LogP contribution < -0.4 is 9.47 Å². The molecule has 0 atom stereocenters. The Morgan fingerprint density at radius 1 is 1.07 bits per heavy atom. The highest BCUT2D eigenvalue weighted by Crippen LogP contribution is 2.31. The Hall–Kier alpha value is -3.78. The van der Waals surface area contributed by atoms with Crippen molar-refractivity contribution in [3.63, 3.8) is 0 Å². The van der Waals surface area contributed by atoms with E-state index in [0.29, 0.717) is 23.7 Å². The van der Waals surface area contributed by atoms with E-state index in [1.54, 1.807) is 25.1 Å². The molecule has 5 nitrogen and oxygen atoms in total. The van der Waals surface area contributed by atoms with Gasteiger partial charge in [0.2, 0.25) is 0 Å². The first-order valence-corrected chi connectivity index (χ1v) is 9.22. The largest absolute Gasteiger partial charge is 0.493 e. The number of esters is 1. The predicted octanol–water partition coefficient (Wildman–Crippen LogP) is 4.85. The van der Waals surface area contributed by atoms with Gasteiger partial charge in [0, 0.05) is 5.56 Å². The van der Waals surface area contributed by atoms with Crippen molar-refractivity contribution in [2.75, 3.05) is 20.3 Å². The lowest BCUT2D eigenvalue weighted by Crippen LogP contribution is -2.14. The van der Waals surface area contributed by atoms with Crippen molar-refractivity contribution in [2.45, 2.75) is 6.92 Å². The monoisotopic (exact) mass is 387 g/mol. The van der Waals surface area contributed by atoms with Gasteiger partial charge in [0.1, 0.15) is 0 Å². The van der Waals surface area contributed by atoms with Gasteiger partial charge in [-0.15, -0.1) is 0 Å². The van der Waals surface area contributed by atoms with Gasteiger partial charge >= 0.3 is 5.97 Å². The number of hydrogen-bond acceptors (Lipinski definition) is 5. The summed E-state index contributed by atoms with van der Waals surface area (Å²) >= 11 is 0. The Bertz CT molecular complexity index is 1090. The summed E-state index contributed by atoms with van der Waals surface area (Å²) in [6, 6.07) is 21.4. The number of nitriles is 1. The first-order chi connectivity index (χ1) is 14.2. The molecular weight excluding hydrogens is 366 g/mol. The van der Waals surface area contributed by atoms with Crippen LogP contribution in [-0.2, 0) is 9.53 Å². The van der Waals surface area contributed by atoms with Crippen molar-refractivity contribution >= 4 is 28.4 Å². The maximum absolute atomic E-state index is 11.6. The lowest BCUT2D eigenvalue weighted by molar-refractivity contribution is -0.145. The number of methoxy groups -OCH3 is 1. The molecule has 0 aromatic heterocycles. The molecule has 0 spiro atoms. The summed E-state index contributed by atoms with van der Waals surface area (Å²) in [6.07, 6.45) is 1.79. The number of hydrogen-bond donors (Lipinski definition) is 0. The van der Waals surface area contributed by atoms with Crippen molar-refractivity contribution in [3.05, 3.63) is 71.8 Å². The third kappa shape index (κ3) is 4.74. The first kappa shape index (κ1) is 20.0. The van der Waals surface area contributed by atoms with E-state index in [9.17, 15) is 10.1 Å². The van der Waals surface area contributed by atoms with Crippen LogP contribution in [0.25, 0.3) is 22.4 Å². The molecule has 0 radical (unpaired) electrons. The van der Waals surface area contributed by atoms with E-state index in [4.69, 9.17) is 14.2 Å². The van der Waals surface area contributed by atoms with Gasteiger partial charge in [-0.1, -0.05) is 48.5 Å². The minimum atomic E-state index is -0.455. The highest BCUT2D eigenvalue weighted by atomic mass is 16.6. The Morgan fingerprint density at radius 3 is 2.62 bits per heavy atom. The summed E-state index contributed by atoms with van der Waals surface area (Å²) in [5.74, 6) is 0.448. The molecule has 0 heterocycles. The highest BCUT2D eigenvalue weighted by Gasteiger charge is 2.11. The van der Waals surface area contributed by atoms with Crippen molar-refractivity contribution in [1.82, 2.24) is 0 Å². The molecule has 0 bridgehead atoms. The maximum Gasteiger partial charge on any atom is 0.344 e. The van der Waals surface area contributed by atoms with Crippen LogP contribution in [0.3, 0.4) is 0 Å². The molecule has 146 valence electrons. The summed E-state index contributed by atoms with van der Waals surface area (Å²) < 4.78 is 15.8. The van der Waals surface area contributed by atoms with E-state index in [-0.39, 0.29) is 6.61 Å². The van der Waals surface area contributed by atoms with Gasteiger partial charge in [-0.2, -0.15) is 5.26 Å². The van der Waals surface area contributed by atoms with Crippen molar-refractivity contribution in [3.8, 4) is 17.6 Å². The molecule has 0 saturated carbocycles. The quantitative estimate of drug-likeness (QED) is 0.329. The smallest absolute Gasteiger partial charge is 0.344 e. The van der Waals surface area contributed by atoms with E-state index in [2.05, 4.69) is 6.07 Å². The van der Waals surface area contributed by atoms with E-state index in [0.717, 1.165) is 21.9 Å². The minimum absolute atomic E-state index is 0.216. The second kappa shape index (κ2) is 9.43. The molecule has 3 aromatic rings. The minimum Gasteiger partial charge on any atom is -0.493 e. The number of fused-ring (bicyclic) bond motifs is 1. The zero-order valence-electron chi connectivity index (χ0n) is 16.3. The molecule has 29 heavy (non-hydrogen) atoms. The summed E-state index contributed by atoms with van der Waals surface area (Å²) in [5, 5.41) is 11.8. The van der Waals surface area contributed by atoms with Crippen LogP contribution >= 0.6 is 0 Å². The van der Waals surface area contributed by atoms with Gasteiger partial charge in [-0.25, -0.2) is 4.79 Å². The van der Waals surface area contributed by atoms with Crippen molar-refractivity contribution in [1.29, 1.82) is 5.26 Å². The van der Waals surface area contributed by atoms with Gasteiger partial charge < -0.3 is 14.2 Å². The predicted molar refractivity (Wildman–Crippen MR) is 113 cm³/mol. The fourth-order valence-corrected chi connectivity index (χ4v) is 3.03. The Balaban J connectivity index is 1.96. The van der Waals surface area contributed by atoms with Crippen LogP contribution in [0.2, 0.25) is 0 Å². The standard InChI is InChI=1S/C24H21NO4/c1-3-28-24(26)16-29-23-14-17(11-12-22(23)27-2)13-19(15-25)21-10-6-8-18-7-4-5-9-20(18)21/h4-14H,3,16H2,1-2H3/b19-13+. The van der Waals surface area contributed by atoms with Crippen molar-refractivity contribution in [2.24, 2.45) is 0 Å². The summed E-state index contributed by atoms with van der Waals surface area (Å²) in [5.41, 5.74) is 2.15. The van der Waals surface area contributed by atoms with Crippen LogP contribution in [0, 0.1) is 11.3 Å². The molecule has 3 aromatic carbocycles. The van der Waals surface area contributed by atoms with E-state index >= 15 is 0 Å². The number of ether oxygens (including phenoxy) is 3. The molecule has 3 rings (SSSR count). The molecule has 0 unspecified atom stereocenters. The first-order valence-electron chi connectivity index (χ1n) is 9.22. The van der Waals surface area contributed by atoms with E-state index in [1.807, 2.05) is 48.5 Å². The fourth-order valence-electron chi connectivity index (χ4n) is 3.03. The molecule has 0 amide bonds. The molecule has 0 aliphatic carbocycles. The topological polar surface area (TPSA) is 68.5 Å². The number of allylic oxidation sites excluding steroid dienone is 1. The maximum atomic E-state index is 11.6. The molecule has 5 heteroatoms. The number of carbonyl (C=O) groups excluding carboxylic acids is 1. The summed E-state index contributed by atoms with van der Waals surface area (Å²) in [6.45, 7) is 1.81. The Morgan fingerprint density at radius 2 is 1.86 bits per heavy atom. The second-order valence-electron chi connectivity index (χ2n) is 6.20. The molecule has 0 saturated heterocycles. The van der Waals surface area contributed by atoms with Gasteiger partial charge in [-0.05, 0) is 41.5 Å². The number of nitrogens with zero attached hydrogens (tertiary/aromatic N) is 1. The lowest BCUT2D eigenvalue weighted by atomic mass is 9.97. The average molecular weight is 387 g/mol. The van der Waals surface area contributed by atoms with Gasteiger partial charge in [0.25, 0.3) is 0 Å². The van der Waals surface area contributed by atoms with Crippen LogP contribution in [0.4, 0.5) is 0 Å². The SMILES string of the molecule is CCOC(=O)COc1cc(/C=C(\C#N)c2cccc3ccccc23)ccc1OC. The van der Waals surface area contributed by atoms with Crippen LogP contribution in [0.5, 0.6) is 11.5 Å². The second-order valence-corrected chi connectivity index (χ2v) is 6.20.